The molecule has 0 rings (SSSR count). The van der Waals surface area contributed by atoms with Crippen molar-refractivity contribution < 1.29 is 22.7 Å². The third-order valence-electron chi connectivity index (χ3n) is 1.93. The van der Waals surface area contributed by atoms with Gasteiger partial charge < -0.3 is 15.8 Å². The zero-order valence-electron chi connectivity index (χ0n) is 8.60. The molecule has 0 saturated carbocycles. The molecule has 0 aromatic carbocycles. The summed E-state index contributed by atoms with van der Waals surface area (Å²) in [5.74, 6) is -0.610. The average molecular weight is 228 g/mol. The largest absolute Gasteiger partial charge is 0.414 e. The first-order valence-electron chi connectivity index (χ1n) is 4.44. The summed E-state index contributed by atoms with van der Waals surface area (Å²) < 4.78 is 40.5. The van der Waals surface area contributed by atoms with Gasteiger partial charge >= 0.3 is 6.18 Å². The second kappa shape index (κ2) is 5.92. The predicted molar refractivity (Wildman–Crippen MR) is 48.1 cm³/mol. The number of amides is 1. The molecule has 0 aromatic heterocycles. The van der Waals surface area contributed by atoms with E-state index in [0.717, 1.165) is 6.92 Å². The Morgan fingerprint density at radius 1 is 1.53 bits per heavy atom. The normalized spacial score (nSPS) is 16.1. The number of primary amides is 1. The molecule has 0 aliphatic rings. The van der Waals surface area contributed by atoms with Gasteiger partial charge in [0.15, 0.2) is 6.10 Å². The molecule has 0 aliphatic heterocycles. The molecule has 0 spiro atoms. The lowest BCUT2D eigenvalue weighted by atomic mass is 10.2. The second-order valence-corrected chi connectivity index (χ2v) is 3.09. The molecule has 7 heteroatoms. The number of carbonyl (C=O) groups excluding carboxylic acids is 1. The fraction of sp³-hybridized carbons (Fsp3) is 0.875. The summed E-state index contributed by atoms with van der Waals surface area (Å²) >= 11 is 0. The Kier molecular flexibility index (Phi) is 5.59. The SMILES string of the molecule is CNC(CCOC(C)C(F)(F)F)C(N)=O. The highest BCUT2D eigenvalue weighted by atomic mass is 19.4. The van der Waals surface area contributed by atoms with Crippen LogP contribution in [-0.4, -0.2) is 37.9 Å². The number of rotatable bonds is 6. The van der Waals surface area contributed by atoms with Crippen molar-refractivity contribution in [1.29, 1.82) is 0 Å². The van der Waals surface area contributed by atoms with Gasteiger partial charge in [0.1, 0.15) is 0 Å². The van der Waals surface area contributed by atoms with Crippen LogP contribution < -0.4 is 11.1 Å². The van der Waals surface area contributed by atoms with Gasteiger partial charge in [-0.1, -0.05) is 0 Å². The summed E-state index contributed by atoms with van der Waals surface area (Å²) in [7, 11) is 1.50. The molecular weight excluding hydrogens is 213 g/mol. The van der Waals surface area contributed by atoms with E-state index in [9.17, 15) is 18.0 Å². The first-order chi connectivity index (χ1) is 6.79. The first kappa shape index (κ1) is 14.2. The van der Waals surface area contributed by atoms with Crippen LogP contribution >= 0.6 is 0 Å². The molecule has 0 bridgehead atoms. The third kappa shape index (κ3) is 5.58. The van der Waals surface area contributed by atoms with Crippen molar-refractivity contribution in [2.75, 3.05) is 13.7 Å². The maximum absolute atomic E-state index is 12.0. The van der Waals surface area contributed by atoms with Crippen LogP contribution in [0.5, 0.6) is 0 Å². The van der Waals surface area contributed by atoms with Crippen molar-refractivity contribution in [3.63, 3.8) is 0 Å². The number of hydrogen-bond donors (Lipinski definition) is 2. The number of nitrogens with one attached hydrogen (secondary N) is 1. The Morgan fingerprint density at radius 2 is 2.07 bits per heavy atom. The topological polar surface area (TPSA) is 64.3 Å². The van der Waals surface area contributed by atoms with Crippen molar-refractivity contribution in [2.24, 2.45) is 5.73 Å². The van der Waals surface area contributed by atoms with Crippen LogP contribution in [0, 0.1) is 0 Å². The Balaban J connectivity index is 3.83. The van der Waals surface area contributed by atoms with E-state index in [-0.39, 0.29) is 13.0 Å². The molecule has 1 amide bonds. The fourth-order valence-corrected chi connectivity index (χ4v) is 0.886. The lowest BCUT2D eigenvalue weighted by molar-refractivity contribution is -0.214. The molecule has 4 nitrogen and oxygen atoms in total. The van der Waals surface area contributed by atoms with Crippen molar-refractivity contribution in [3.05, 3.63) is 0 Å². The number of carbonyl (C=O) groups is 1. The number of nitrogens with two attached hydrogens (primary N) is 1. The zero-order valence-corrected chi connectivity index (χ0v) is 8.60. The van der Waals surface area contributed by atoms with E-state index in [1.807, 2.05) is 0 Å². The summed E-state index contributed by atoms with van der Waals surface area (Å²) in [6.07, 6.45) is -6.09. The average Bonchev–Trinajstić information content (AvgIpc) is 2.09. The van der Waals surface area contributed by atoms with E-state index in [1.54, 1.807) is 0 Å². The smallest absolute Gasteiger partial charge is 0.369 e. The molecule has 0 radical (unpaired) electrons. The molecule has 3 N–H and O–H groups in total. The lowest BCUT2D eigenvalue weighted by Crippen LogP contribution is -2.40. The molecule has 2 atom stereocenters. The number of hydrogen-bond acceptors (Lipinski definition) is 3. The number of alkyl halides is 3. The maximum Gasteiger partial charge on any atom is 0.414 e. The molecule has 0 saturated heterocycles. The Hall–Kier alpha value is -0.820. The van der Waals surface area contributed by atoms with Crippen LogP contribution in [0.25, 0.3) is 0 Å². The van der Waals surface area contributed by atoms with Gasteiger partial charge in [-0.25, -0.2) is 0 Å². The van der Waals surface area contributed by atoms with E-state index in [0.29, 0.717) is 0 Å². The van der Waals surface area contributed by atoms with Crippen LogP contribution in [0.1, 0.15) is 13.3 Å². The monoisotopic (exact) mass is 228 g/mol. The van der Waals surface area contributed by atoms with Crippen molar-refractivity contribution >= 4 is 5.91 Å². The molecule has 0 heterocycles. The van der Waals surface area contributed by atoms with Gasteiger partial charge in [-0.2, -0.15) is 13.2 Å². The lowest BCUT2D eigenvalue weighted by Gasteiger charge is -2.18. The molecule has 15 heavy (non-hydrogen) atoms. The summed E-state index contributed by atoms with van der Waals surface area (Å²) in [4.78, 5) is 10.7. The summed E-state index contributed by atoms with van der Waals surface area (Å²) in [5.41, 5.74) is 4.97. The summed E-state index contributed by atoms with van der Waals surface area (Å²) in [6, 6.07) is -0.662. The molecule has 0 aromatic rings. The molecule has 0 aliphatic carbocycles. The molecule has 90 valence electrons. The summed E-state index contributed by atoms with van der Waals surface area (Å²) in [6.45, 7) is 0.744. The van der Waals surface area contributed by atoms with Crippen LogP contribution in [0.2, 0.25) is 0 Å². The van der Waals surface area contributed by atoms with Gasteiger partial charge in [0, 0.05) is 6.61 Å². The third-order valence-corrected chi connectivity index (χ3v) is 1.93. The van der Waals surface area contributed by atoms with Gasteiger partial charge in [-0.05, 0) is 20.4 Å². The van der Waals surface area contributed by atoms with Crippen LogP contribution in [-0.2, 0) is 9.53 Å². The van der Waals surface area contributed by atoms with Gasteiger partial charge in [-0.3, -0.25) is 4.79 Å². The fourth-order valence-electron chi connectivity index (χ4n) is 0.886. The zero-order chi connectivity index (χ0) is 12.1. The van der Waals surface area contributed by atoms with Crippen LogP contribution in [0.15, 0.2) is 0 Å². The molecule has 0 fully saturated rings. The highest BCUT2D eigenvalue weighted by molar-refractivity contribution is 5.79. The molecule has 2 unspecified atom stereocenters. The van der Waals surface area contributed by atoms with Gasteiger partial charge in [0.25, 0.3) is 0 Å². The van der Waals surface area contributed by atoms with E-state index < -0.39 is 24.2 Å². The standard InChI is InChI=1S/C8H15F3N2O2/c1-5(8(9,10)11)15-4-3-6(13-2)7(12)14/h5-6,13H,3-4H2,1-2H3,(H2,12,14). The van der Waals surface area contributed by atoms with Crippen molar-refractivity contribution in [3.8, 4) is 0 Å². The highest BCUT2D eigenvalue weighted by Gasteiger charge is 2.36. The number of ether oxygens (including phenoxy) is 1. The maximum atomic E-state index is 12.0. The number of halogens is 3. The minimum Gasteiger partial charge on any atom is -0.369 e. The Labute approximate surface area is 86.0 Å². The number of likely N-dealkylation sites (N-methyl/N-ethyl adjacent to an activating group) is 1. The second-order valence-electron chi connectivity index (χ2n) is 3.09. The van der Waals surface area contributed by atoms with E-state index in [1.165, 1.54) is 7.05 Å². The van der Waals surface area contributed by atoms with Gasteiger partial charge in [-0.15, -0.1) is 0 Å². The predicted octanol–water partition coefficient (Wildman–Crippen LogP) is 0.417. The van der Waals surface area contributed by atoms with Crippen molar-refractivity contribution in [1.82, 2.24) is 5.32 Å². The first-order valence-corrected chi connectivity index (χ1v) is 4.44. The Bertz CT molecular complexity index is 209. The van der Waals surface area contributed by atoms with E-state index in [2.05, 4.69) is 10.1 Å². The quantitative estimate of drug-likeness (QED) is 0.692. The van der Waals surface area contributed by atoms with E-state index in [4.69, 9.17) is 5.73 Å². The minimum absolute atomic E-state index is 0.117. The minimum atomic E-state index is -4.37. The van der Waals surface area contributed by atoms with Crippen molar-refractivity contribution in [2.45, 2.75) is 31.7 Å². The summed E-state index contributed by atoms with van der Waals surface area (Å²) in [5, 5.41) is 2.58. The van der Waals surface area contributed by atoms with Gasteiger partial charge in [0.2, 0.25) is 5.91 Å². The highest BCUT2D eigenvalue weighted by Crippen LogP contribution is 2.22. The van der Waals surface area contributed by atoms with Gasteiger partial charge in [0.05, 0.1) is 6.04 Å². The van der Waals surface area contributed by atoms with E-state index >= 15 is 0 Å². The Morgan fingerprint density at radius 3 is 2.40 bits per heavy atom. The molecular formula is C8H15F3N2O2. The van der Waals surface area contributed by atoms with Crippen LogP contribution in [0.3, 0.4) is 0 Å². The van der Waals surface area contributed by atoms with Crippen LogP contribution in [0.4, 0.5) is 13.2 Å².